The van der Waals surface area contributed by atoms with Crippen LogP contribution in [0, 0.1) is 17.3 Å². The number of hydrogen-bond donors (Lipinski definition) is 1. The van der Waals surface area contributed by atoms with E-state index in [2.05, 4.69) is 63.7 Å². The van der Waals surface area contributed by atoms with Crippen LogP contribution in [0.4, 0.5) is 0 Å². The molecule has 1 rings (SSSR count). The summed E-state index contributed by atoms with van der Waals surface area (Å²) in [4.78, 5) is 11.0. The van der Waals surface area contributed by atoms with Crippen molar-refractivity contribution in [1.82, 2.24) is 0 Å². The van der Waals surface area contributed by atoms with Crippen LogP contribution in [-0.4, -0.2) is 18.0 Å². The number of carbonyl (C=O) groups is 1. The molecule has 14 heavy (non-hydrogen) atoms. The maximum absolute atomic E-state index is 11.0. The van der Waals surface area contributed by atoms with Gasteiger partial charge in [0.2, 0.25) is 0 Å². The van der Waals surface area contributed by atoms with Gasteiger partial charge >= 0.3 is 5.97 Å². The van der Waals surface area contributed by atoms with Gasteiger partial charge in [0.15, 0.2) is 0 Å². The summed E-state index contributed by atoms with van der Waals surface area (Å²) >= 11 is 13.7. The summed E-state index contributed by atoms with van der Waals surface area (Å²) in [6.45, 7) is 3.95. The van der Waals surface area contributed by atoms with E-state index in [4.69, 9.17) is 5.11 Å². The maximum Gasteiger partial charge on any atom is 0.307 e. The van der Waals surface area contributed by atoms with Crippen LogP contribution in [0.25, 0.3) is 0 Å². The molecule has 0 heterocycles. The molecular formula is C8H10Br4O2. The fourth-order valence-electron chi connectivity index (χ4n) is 1.90. The average Bonchev–Trinajstić information content (AvgIpc) is 2.49. The number of hydrogen-bond acceptors (Lipinski definition) is 1. The number of carboxylic acid groups (broad SMARTS) is 1. The molecule has 1 unspecified atom stereocenters. The van der Waals surface area contributed by atoms with Gasteiger partial charge in [-0.05, 0) is 11.3 Å². The summed E-state index contributed by atoms with van der Waals surface area (Å²) in [5, 5.41) is 9.01. The molecular weight excluding hydrogens is 448 g/mol. The lowest BCUT2D eigenvalue weighted by atomic mass is 10.1. The van der Waals surface area contributed by atoms with Crippen LogP contribution in [0.1, 0.15) is 13.8 Å². The highest BCUT2D eigenvalue weighted by molar-refractivity contribution is 9.40. The molecule has 0 amide bonds. The van der Waals surface area contributed by atoms with Gasteiger partial charge < -0.3 is 5.11 Å². The van der Waals surface area contributed by atoms with Crippen molar-refractivity contribution < 1.29 is 9.90 Å². The molecule has 0 saturated heterocycles. The van der Waals surface area contributed by atoms with Crippen LogP contribution in [-0.2, 0) is 4.79 Å². The van der Waals surface area contributed by atoms with Gasteiger partial charge in [0, 0.05) is 0 Å². The molecule has 6 heteroatoms. The second-order valence-electron chi connectivity index (χ2n) is 4.11. The highest BCUT2D eigenvalue weighted by atomic mass is 80.0. The standard InChI is InChI=1S/C8H10Br4O2/c1-7(2)3(4(7)6(13)14)5(9)8(10,11)12/h3-5H,1-2H3,(H,13,14)/t3-,4?,5-/m1/s1. The quantitative estimate of drug-likeness (QED) is 0.638. The summed E-state index contributed by atoms with van der Waals surface area (Å²) in [6.07, 6.45) is 0. The average molecular weight is 458 g/mol. The topological polar surface area (TPSA) is 37.3 Å². The highest BCUT2D eigenvalue weighted by Crippen LogP contribution is 2.65. The zero-order chi connectivity index (χ0) is 11.3. The molecule has 1 aliphatic rings. The summed E-state index contributed by atoms with van der Waals surface area (Å²) in [5.74, 6) is -0.891. The Morgan fingerprint density at radius 3 is 2.07 bits per heavy atom. The molecule has 0 bridgehead atoms. The minimum atomic E-state index is -0.721. The smallest absolute Gasteiger partial charge is 0.307 e. The molecule has 2 nitrogen and oxygen atoms in total. The van der Waals surface area contributed by atoms with Crippen LogP contribution >= 0.6 is 63.7 Å². The minimum absolute atomic E-state index is 0.0195. The van der Waals surface area contributed by atoms with Crippen molar-refractivity contribution in [2.75, 3.05) is 0 Å². The molecule has 82 valence electrons. The van der Waals surface area contributed by atoms with Gasteiger partial charge in [-0.25, -0.2) is 0 Å². The molecule has 3 atom stereocenters. The van der Waals surface area contributed by atoms with Crippen LogP contribution in [0.15, 0.2) is 0 Å². The Morgan fingerprint density at radius 2 is 1.86 bits per heavy atom. The Bertz CT molecular complexity index is 259. The number of rotatable bonds is 2. The number of halogens is 4. The second-order valence-corrected chi connectivity index (χ2v) is 12.0. The molecule has 1 fully saturated rings. The Balaban J connectivity index is 2.79. The van der Waals surface area contributed by atoms with Crippen LogP contribution in [0.2, 0.25) is 0 Å². The van der Waals surface area contributed by atoms with Crippen LogP contribution < -0.4 is 0 Å². The predicted molar refractivity (Wildman–Crippen MR) is 70.6 cm³/mol. The maximum atomic E-state index is 11.0. The molecule has 0 aromatic carbocycles. The first-order chi connectivity index (χ1) is 6.10. The third kappa shape index (κ3) is 2.38. The number of aliphatic carboxylic acids is 1. The fraction of sp³-hybridized carbons (Fsp3) is 0.875. The van der Waals surface area contributed by atoms with E-state index in [0.717, 1.165) is 0 Å². The van der Waals surface area contributed by atoms with Crippen molar-refractivity contribution in [3.05, 3.63) is 0 Å². The molecule has 1 aliphatic carbocycles. The first kappa shape index (κ1) is 13.5. The van der Waals surface area contributed by atoms with Crippen LogP contribution in [0.5, 0.6) is 0 Å². The van der Waals surface area contributed by atoms with E-state index in [9.17, 15) is 4.79 Å². The van der Waals surface area contributed by atoms with Gasteiger partial charge in [0.05, 0.1) is 10.7 Å². The van der Waals surface area contributed by atoms with Gasteiger partial charge in [0.25, 0.3) is 0 Å². The molecule has 0 aliphatic heterocycles. The highest BCUT2D eigenvalue weighted by Gasteiger charge is 2.66. The predicted octanol–water partition coefficient (Wildman–Crippen LogP) is 3.95. The lowest BCUT2D eigenvalue weighted by Gasteiger charge is -2.20. The first-order valence-corrected chi connectivity index (χ1v) is 7.33. The van der Waals surface area contributed by atoms with Crippen molar-refractivity contribution in [3.63, 3.8) is 0 Å². The van der Waals surface area contributed by atoms with Crippen molar-refractivity contribution in [3.8, 4) is 0 Å². The monoisotopic (exact) mass is 454 g/mol. The summed E-state index contributed by atoms with van der Waals surface area (Å²) < 4.78 is -0.445. The van der Waals surface area contributed by atoms with E-state index in [1.54, 1.807) is 0 Å². The van der Waals surface area contributed by atoms with E-state index in [1.807, 2.05) is 13.8 Å². The molecule has 0 radical (unpaired) electrons. The largest absolute Gasteiger partial charge is 0.481 e. The zero-order valence-corrected chi connectivity index (χ0v) is 13.9. The molecule has 0 spiro atoms. The third-order valence-corrected chi connectivity index (χ3v) is 7.38. The summed E-state index contributed by atoms with van der Waals surface area (Å²) in [6, 6.07) is 0. The fourth-order valence-corrected chi connectivity index (χ4v) is 3.74. The van der Waals surface area contributed by atoms with Gasteiger partial charge in [-0.2, -0.15) is 0 Å². The minimum Gasteiger partial charge on any atom is -0.481 e. The molecule has 0 aromatic rings. The lowest BCUT2D eigenvalue weighted by Crippen LogP contribution is -2.22. The number of alkyl halides is 4. The lowest BCUT2D eigenvalue weighted by molar-refractivity contribution is -0.139. The second kappa shape index (κ2) is 4.00. The van der Waals surface area contributed by atoms with Crippen molar-refractivity contribution in [1.29, 1.82) is 0 Å². The zero-order valence-electron chi connectivity index (χ0n) is 7.60. The Kier molecular flexibility index (Phi) is 3.85. The van der Waals surface area contributed by atoms with E-state index in [0.29, 0.717) is 0 Å². The number of carboxylic acids is 1. The third-order valence-electron chi connectivity index (χ3n) is 2.80. The Hall–Kier alpha value is 1.39. The Morgan fingerprint density at radius 1 is 1.43 bits per heavy atom. The molecule has 1 N–H and O–H groups in total. The first-order valence-electron chi connectivity index (χ1n) is 4.03. The van der Waals surface area contributed by atoms with Gasteiger partial charge in [0.1, 0.15) is 2.14 Å². The van der Waals surface area contributed by atoms with Crippen molar-refractivity contribution in [2.24, 2.45) is 17.3 Å². The van der Waals surface area contributed by atoms with Gasteiger partial charge in [-0.3, -0.25) is 4.79 Å². The van der Waals surface area contributed by atoms with Crippen molar-refractivity contribution in [2.45, 2.75) is 20.8 Å². The van der Waals surface area contributed by atoms with Gasteiger partial charge in [-0.1, -0.05) is 77.6 Å². The summed E-state index contributed by atoms with van der Waals surface area (Å²) in [7, 11) is 0. The Labute approximate surface area is 117 Å². The van der Waals surface area contributed by atoms with E-state index in [1.165, 1.54) is 0 Å². The van der Waals surface area contributed by atoms with Crippen LogP contribution in [0.3, 0.4) is 0 Å². The van der Waals surface area contributed by atoms with Gasteiger partial charge in [-0.15, -0.1) is 0 Å². The summed E-state index contributed by atoms with van der Waals surface area (Å²) in [5.41, 5.74) is -0.152. The molecule has 0 aromatic heterocycles. The SMILES string of the molecule is CC1(C)C(C(=O)O)[C@@H]1[C@@H](Br)C(Br)(Br)Br. The molecule has 1 saturated carbocycles. The normalized spacial score (nSPS) is 32.4. The van der Waals surface area contributed by atoms with E-state index in [-0.39, 0.29) is 22.1 Å². The van der Waals surface area contributed by atoms with Crippen molar-refractivity contribution >= 4 is 69.7 Å². The van der Waals surface area contributed by atoms with E-state index >= 15 is 0 Å². The van der Waals surface area contributed by atoms with E-state index < -0.39 is 8.11 Å².